The van der Waals surface area contributed by atoms with Crippen LogP contribution in [0.2, 0.25) is 0 Å². The Balaban J connectivity index is 1.93. The van der Waals surface area contributed by atoms with E-state index in [1.54, 1.807) is 13.8 Å². The van der Waals surface area contributed by atoms with Crippen LogP contribution in [0.4, 0.5) is 5.69 Å². The largest absolute Gasteiger partial charge is 0.422 e. The topological polar surface area (TPSA) is 55.8 Å². The third-order valence-electron chi connectivity index (χ3n) is 5.49. The van der Waals surface area contributed by atoms with Crippen LogP contribution in [-0.4, -0.2) is 24.8 Å². The quantitative estimate of drug-likeness (QED) is 0.571. The Morgan fingerprint density at radius 3 is 2.19 bits per heavy atom. The van der Waals surface area contributed by atoms with Gasteiger partial charge in [-0.25, -0.2) is 0 Å². The molecule has 5 heteroatoms. The van der Waals surface area contributed by atoms with E-state index in [1.165, 1.54) is 0 Å². The molecular weight excluding hydrogens is 342 g/mol. The molecule has 2 aromatic carbocycles. The number of ether oxygens (including phenoxy) is 2. The van der Waals surface area contributed by atoms with Gasteiger partial charge in [0.1, 0.15) is 0 Å². The molecule has 0 bridgehead atoms. The highest BCUT2D eigenvalue weighted by atomic mass is 16.7. The molecule has 2 heterocycles. The lowest BCUT2D eigenvalue weighted by molar-refractivity contribution is -0.253. The van der Waals surface area contributed by atoms with E-state index in [1.807, 2.05) is 67.4 Å². The maximum absolute atomic E-state index is 13.3. The lowest BCUT2D eigenvalue weighted by Crippen LogP contribution is -2.61. The number of anilines is 1. The number of carbonyl (C=O) groups excluding carboxylic acids is 2. The molecule has 27 heavy (non-hydrogen) atoms. The lowest BCUT2D eigenvalue weighted by Gasteiger charge is -2.50. The Morgan fingerprint density at radius 2 is 1.56 bits per heavy atom. The van der Waals surface area contributed by atoms with Gasteiger partial charge in [0.05, 0.1) is 6.04 Å². The van der Waals surface area contributed by atoms with E-state index in [0.29, 0.717) is 0 Å². The Morgan fingerprint density at radius 1 is 0.963 bits per heavy atom. The van der Waals surface area contributed by atoms with E-state index >= 15 is 0 Å². The summed E-state index contributed by atoms with van der Waals surface area (Å²) in [6.45, 7) is 5.17. The van der Waals surface area contributed by atoms with Crippen molar-refractivity contribution in [1.29, 1.82) is 0 Å². The average Bonchev–Trinajstić information content (AvgIpc) is 2.60. The summed E-state index contributed by atoms with van der Waals surface area (Å²) >= 11 is 0. The van der Waals surface area contributed by atoms with Gasteiger partial charge in [0, 0.05) is 33.0 Å². The van der Waals surface area contributed by atoms with E-state index in [9.17, 15) is 9.59 Å². The molecule has 2 aliphatic heterocycles. The molecule has 1 spiro atoms. The first-order valence-electron chi connectivity index (χ1n) is 9.09. The SMILES string of the molecule is Cc1ccc(C2N(C)c3ccccc3CC23C(=O)OC(C)(C)OC3=O)cc1. The standard InChI is InChI=1S/C22H23NO4/c1-14-9-11-15(12-10-14)18-22(19(24)26-21(2,3)27-20(22)25)13-16-7-5-6-8-17(16)23(18)4/h5-12,18H,13H2,1-4H3. The van der Waals surface area contributed by atoms with Crippen LogP contribution in [0, 0.1) is 12.3 Å². The maximum Gasteiger partial charge on any atom is 0.329 e. The van der Waals surface area contributed by atoms with Gasteiger partial charge in [-0.1, -0.05) is 48.0 Å². The van der Waals surface area contributed by atoms with Crippen molar-refractivity contribution in [2.45, 2.75) is 39.0 Å². The Kier molecular flexibility index (Phi) is 3.81. The van der Waals surface area contributed by atoms with Crippen LogP contribution >= 0.6 is 0 Å². The van der Waals surface area contributed by atoms with Gasteiger partial charge in [-0.15, -0.1) is 0 Å². The molecule has 0 saturated carbocycles. The minimum Gasteiger partial charge on any atom is -0.422 e. The van der Waals surface area contributed by atoms with E-state index in [0.717, 1.165) is 22.4 Å². The molecule has 1 saturated heterocycles. The summed E-state index contributed by atoms with van der Waals surface area (Å²) < 4.78 is 11.1. The summed E-state index contributed by atoms with van der Waals surface area (Å²) in [5.41, 5.74) is 2.48. The van der Waals surface area contributed by atoms with Gasteiger partial charge in [0.25, 0.3) is 5.79 Å². The van der Waals surface area contributed by atoms with Gasteiger partial charge < -0.3 is 14.4 Å². The number of benzene rings is 2. The Hall–Kier alpha value is -2.82. The van der Waals surface area contributed by atoms with Crippen LogP contribution in [0.1, 0.15) is 36.6 Å². The number of carbonyl (C=O) groups is 2. The van der Waals surface area contributed by atoms with Gasteiger partial charge >= 0.3 is 11.9 Å². The molecule has 0 aromatic heterocycles. The third-order valence-corrected chi connectivity index (χ3v) is 5.49. The molecule has 4 rings (SSSR count). The summed E-state index contributed by atoms with van der Waals surface area (Å²) in [6.07, 6.45) is 0.250. The Labute approximate surface area is 158 Å². The van der Waals surface area contributed by atoms with Crippen LogP contribution in [0.25, 0.3) is 0 Å². The number of hydrogen-bond donors (Lipinski definition) is 0. The van der Waals surface area contributed by atoms with Crippen molar-refractivity contribution in [2.75, 3.05) is 11.9 Å². The van der Waals surface area contributed by atoms with Crippen molar-refractivity contribution in [3.05, 3.63) is 65.2 Å². The van der Waals surface area contributed by atoms with E-state index in [-0.39, 0.29) is 6.42 Å². The van der Waals surface area contributed by atoms with E-state index < -0.39 is 29.2 Å². The number of esters is 2. The fraction of sp³-hybridized carbons (Fsp3) is 0.364. The van der Waals surface area contributed by atoms with E-state index in [2.05, 4.69) is 0 Å². The highest BCUT2D eigenvalue weighted by Gasteiger charge is 2.63. The molecule has 2 aromatic rings. The van der Waals surface area contributed by atoms with Crippen LogP contribution < -0.4 is 4.90 Å². The fourth-order valence-corrected chi connectivity index (χ4v) is 4.23. The number of para-hydroxylation sites is 1. The van der Waals surface area contributed by atoms with Crippen LogP contribution in [0.15, 0.2) is 48.5 Å². The number of hydrogen-bond acceptors (Lipinski definition) is 5. The first kappa shape index (κ1) is 17.6. The third kappa shape index (κ3) is 2.60. The first-order chi connectivity index (χ1) is 12.7. The van der Waals surface area contributed by atoms with Gasteiger partial charge in [0.15, 0.2) is 5.41 Å². The molecule has 0 N–H and O–H groups in total. The zero-order valence-electron chi connectivity index (χ0n) is 16.0. The summed E-state index contributed by atoms with van der Waals surface area (Å²) in [7, 11) is 1.91. The molecule has 0 radical (unpaired) electrons. The molecule has 140 valence electrons. The van der Waals surface area contributed by atoms with Crippen molar-refractivity contribution >= 4 is 17.6 Å². The second kappa shape index (κ2) is 5.84. The summed E-state index contributed by atoms with van der Waals surface area (Å²) in [4.78, 5) is 28.5. The molecule has 0 amide bonds. The number of cyclic esters (lactones) is 2. The molecule has 2 aliphatic rings. The zero-order chi connectivity index (χ0) is 19.4. The highest BCUT2D eigenvalue weighted by molar-refractivity contribution is 6.04. The number of rotatable bonds is 1. The summed E-state index contributed by atoms with van der Waals surface area (Å²) in [6, 6.07) is 15.2. The minimum absolute atomic E-state index is 0.250. The lowest BCUT2D eigenvalue weighted by atomic mass is 9.68. The molecular formula is C22H23NO4. The van der Waals surface area contributed by atoms with Gasteiger partial charge in [-0.05, 0) is 24.1 Å². The zero-order valence-corrected chi connectivity index (χ0v) is 16.0. The summed E-state index contributed by atoms with van der Waals surface area (Å²) in [5, 5.41) is 0. The van der Waals surface area contributed by atoms with Gasteiger partial charge in [-0.2, -0.15) is 0 Å². The number of fused-ring (bicyclic) bond motifs is 1. The number of nitrogens with zero attached hydrogens (tertiary/aromatic N) is 1. The minimum atomic E-state index is -1.44. The van der Waals surface area contributed by atoms with Crippen molar-refractivity contribution in [3.63, 3.8) is 0 Å². The number of aryl methyl sites for hydroxylation is 1. The van der Waals surface area contributed by atoms with Gasteiger partial charge in [-0.3, -0.25) is 9.59 Å². The molecule has 1 fully saturated rings. The van der Waals surface area contributed by atoms with Crippen LogP contribution in [0.5, 0.6) is 0 Å². The van der Waals surface area contributed by atoms with Gasteiger partial charge in [0.2, 0.25) is 0 Å². The average molecular weight is 365 g/mol. The molecule has 5 nitrogen and oxygen atoms in total. The summed E-state index contributed by atoms with van der Waals surface area (Å²) in [5.74, 6) is -2.32. The monoisotopic (exact) mass is 365 g/mol. The van der Waals surface area contributed by atoms with E-state index in [4.69, 9.17) is 9.47 Å². The van der Waals surface area contributed by atoms with Crippen LogP contribution in [-0.2, 0) is 25.5 Å². The fourth-order valence-electron chi connectivity index (χ4n) is 4.23. The second-order valence-electron chi connectivity index (χ2n) is 7.88. The highest BCUT2D eigenvalue weighted by Crippen LogP contribution is 2.52. The van der Waals surface area contributed by atoms with Crippen molar-refractivity contribution in [1.82, 2.24) is 0 Å². The molecule has 1 atom stereocenters. The Bertz CT molecular complexity index is 896. The normalized spacial score (nSPS) is 22.8. The first-order valence-corrected chi connectivity index (χ1v) is 9.09. The second-order valence-corrected chi connectivity index (χ2v) is 7.88. The van der Waals surface area contributed by atoms with Crippen molar-refractivity contribution in [3.8, 4) is 0 Å². The molecule has 1 unspecified atom stereocenters. The van der Waals surface area contributed by atoms with Crippen molar-refractivity contribution < 1.29 is 19.1 Å². The smallest absolute Gasteiger partial charge is 0.329 e. The van der Waals surface area contributed by atoms with Crippen LogP contribution in [0.3, 0.4) is 0 Å². The predicted molar refractivity (Wildman–Crippen MR) is 101 cm³/mol. The van der Waals surface area contributed by atoms with Crippen molar-refractivity contribution in [2.24, 2.45) is 5.41 Å². The molecule has 0 aliphatic carbocycles. The maximum atomic E-state index is 13.3. The predicted octanol–water partition coefficient (Wildman–Crippen LogP) is 3.55.